The Labute approximate surface area is 203 Å². The van der Waals surface area contributed by atoms with Gasteiger partial charge in [0.25, 0.3) is 5.56 Å². The highest BCUT2D eigenvalue weighted by atomic mass is 35.5. The first-order valence-corrected chi connectivity index (χ1v) is 11.4. The van der Waals surface area contributed by atoms with Crippen molar-refractivity contribution in [2.75, 3.05) is 19.6 Å². The summed E-state index contributed by atoms with van der Waals surface area (Å²) in [5, 5.41) is 0. The maximum Gasteiger partial charge on any atom is 0.328 e. The maximum absolute atomic E-state index is 13.1. The van der Waals surface area contributed by atoms with Crippen LogP contribution in [-0.4, -0.2) is 39.9 Å². The molecule has 2 aromatic carbocycles. The van der Waals surface area contributed by atoms with Crippen LogP contribution in [0.5, 0.6) is 0 Å². The van der Waals surface area contributed by atoms with Crippen molar-refractivity contribution in [3.63, 3.8) is 0 Å². The Kier molecular flexibility index (Phi) is 8.96. The number of hydrogen-bond donors (Lipinski definition) is 1. The summed E-state index contributed by atoms with van der Waals surface area (Å²) in [7, 11) is 0. The molecule has 1 N–H and O–H groups in total. The van der Waals surface area contributed by atoms with Gasteiger partial charge in [0.15, 0.2) is 5.78 Å². The first-order valence-electron chi connectivity index (χ1n) is 11.4. The smallest absolute Gasteiger partial charge is 0.313 e. The van der Waals surface area contributed by atoms with Crippen LogP contribution in [-0.2, 0) is 6.54 Å². The molecule has 0 saturated carbocycles. The van der Waals surface area contributed by atoms with E-state index in [1.807, 2.05) is 30.3 Å². The highest BCUT2D eigenvalue weighted by Gasteiger charge is 2.25. The minimum absolute atomic E-state index is 0. The van der Waals surface area contributed by atoms with E-state index in [4.69, 9.17) is 0 Å². The Hall–Kier alpha value is -3.03. The van der Waals surface area contributed by atoms with Crippen LogP contribution in [0.3, 0.4) is 0 Å². The van der Waals surface area contributed by atoms with Crippen molar-refractivity contribution in [1.82, 2.24) is 14.5 Å². The van der Waals surface area contributed by atoms with E-state index < -0.39 is 0 Å². The third-order valence-corrected chi connectivity index (χ3v) is 6.34. The maximum atomic E-state index is 13.1. The van der Waals surface area contributed by atoms with Crippen LogP contribution in [0.15, 0.2) is 70.4 Å². The summed E-state index contributed by atoms with van der Waals surface area (Å²) in [5.74, 6) is -0.270. The van der Waals surface area contributed by atoms with Gasteiger partial charge in [-0.3, -0.25) is 14.2 Å². The van der Waals surface area contributed by atoms with Gasteiger partial charge < -0.3 is 9.88 Å². The Morgan fingerprint density at radius 1 is 0.941 bits per heavy atom. The molecule has 1 aliphatic rings. The van der Waals surface area contributed by atoms with E-state index in [-0.39, 0.29) is 41.2 Å². The van der Waals surface area contributed by atoms with Gasteiger partial charge in [0.1, 0.15) is 5.82 Å². The summed E-state index contributed by atoms with van der Waals surface area (Å²) in [6.45, 7) is 2.90. The third kappa shape index (κ3) is 6.10. The number of likely N-dealkylation sites (tertiary alicyclic amines) is 1. The lowest BCUT2D eigenvalue weighted by Gasteiger charge is -2.31. The molecule has 6 nitrogen and oxygen atoms in total. The molecule has 0 amide bonds. The van der Waals surface area contributed by atoms with Gasteiger partial charge in [0.2, 0.25) is 0 Å². The molecule has 1 saturated heterocycles. The number of nitrogens with one attached hydrogen (secondary N) is 1. The number of H-pyrrole nitrogens is 1. The molecule has 1 aliphatic heterocycles. The van der Waals surface area contributed by atoms with Crippen LogP contribution in [0.4, 0.5) is 4.39 Å². The number of rotatable bonds is 8. The van der Waals surface area contributed by atoms with E-state index in [0.29, 0.717) is 17.7 Å². The van der Waals surface area contributed by atoms with Crippen LogP contribution in [0.2, 0.25) is 0 Å². The molecule has 8 heteroatoms. The normalized spacial score (nSPS) is 14.5. The van der Waals surface area contributed by atoms with E-state index >= 15 is 0 Å². The van der Waals surface area contributed by atoms with Crippen molar-refractivity contribution in [2.24, 2.45) is 5.92 Å². The second-order valence-electron chi connectivity index (χ2n) is 8.52. The Balaban J connectivity index is 0.00000324. The number of benzene rings is 2. The van der Waals surface area contributed by atoms with Gasteiger partial charge in [-0.2, -0.15) is 0 Å². The van der Waals surface area contributed by atoms with Gasteiger partial charge in [0.05, 0.1) is 5.56 Å². The predicted octanol–water partition coefficient (Wildman–Crippen LogP) is 4.14. The van der Waals surface area contributed by atoms with Crippen LogP contribution in [0, 0.1) is 11.7 Å². The Bertz CT molecular complexity index is 1200. The number of ketones is 1. The van der Waals surface area contributed by atoms with E-state index in [1.54, 1.807) is 12.1 Å². The van der Waals surface area contributed by atoms with Crippen LogP contribution in [0.1, 0.15) is 36.0 Å². The molecule has 0 aliphatic carbocycles. The zero-order valence-electron chi connectivity index (χ0n) is 18.9. The van der Waals surface area contributed by atoms with Crippen molar-refractivity contribution >= 4 is 18.2 Å². The molecule has 4 rings (SSSR count). The number of aromatic nitrogens is 2. The highest BCUT2D eigenvalue weighted by molar-refractivity contribution is 5.97. The summed E-state index contributed by atoms with van der Waals surface area (Å²) < 4.78 is 14.4. The number of hydrogen-bond acceptors (Lipinski definition) is 4. The second kappa shape index (κ2) is 11.9. The van der Waals surface area contributed by atoms with Crippen molar-refractivity contribution in [3.05, 3.63) is 93.0 Å². The molecule has 0 atom stereocenters. The van der Waals surface area contributed by atoms with E-state index in [2.05, 4.69) is 9.88 Å². The number of carbonyl (C=O) groups is 1. The van der Waals surface area contributed by atoms with Crippen LogP contribution >= 0.6 is 12.4 Å². The SMILES string of the molecule is Cl.O=C(c1ccc(F)cc1)C1CCN(CCCCn2c(=O)[nH]cc(-c3ccccc3)c2=O)CC1. The molecular weight excluding hydrogens is 457 g/mol. The number of Topliss-reactive ketones (excluding diaryl/α,β-unsaturated/α-hetero) is 1. The number of carbonyl (C=O) groups excluding carboxylic acids is 1. The minimum Gasteiger partial charge on any atom is -0.313 e. The molecule has 180 valence electrons. The lowest BCUT2D eigenvalue weighted by Crippen LogP contribution is -2.37. The third-order valence-electron chi connectivity index (χ3n) is 6.34. The zero-order valence-corrected chi connectivity index (χ0v) is 19.7. The van der Waals surface area contributed by atoms with Crippen molar-refractivity contribution in [2.45, 2.75) is 32.2 Å². The first kappa shape index (κ1) is 25.6. The van der Waals surface area contributed by atoms with Crippen molar-refractivity contribution < 1.29 is 9.18 Å². The van der Waals surface area contributed by atoms with Crippen molar-refractivity contribution in [3.8, 4) is 11.1 Å². The van der Waals surface area contributed by atoms with E-state index in [1.165, 1.54) is 22.9 Å². The molecule has 34 heavy (non-hydrogen) atoms. The summed E-state index contributed by atoms with van der Waals surface area (Å²) in [4.78, 5) is 42.6. The quantitative estimate of drug-likeness (QED) is 0.384. The Morgan fingerprint density at radius 2 is 1.59 bits per heavy atom. The summed E-state index contributed by atoms with van der Waals surface area (Å²) in [6.07, 6.45) is 4.63. The van der Waals surface area contributed by atoms with Crippen molar-refractivity contribution in [1.29, 1.82) is 0 Å². The fraction of sp³-hybridized carbons (Fsp3) is 0.346. The molecule has 2 heterocycles. The molecule has 3 aromatic rings. The fourth-order valence-corrected chi connectivity index (χ4v) is 4.41. The van der Waals surface area contributed by atoms with E-state index in [9.17, 15) is 18.8 Å². The predicted molar refractivity (Wildman–Crippen MR) is 133 cm³/mol. The largest absolute Gasteiger partial charge is 0.328 e. The standard InChI is InChI=1S/C26H28FN3O3.ClH/c27-22-10-8-20(9-11-22)24(31)21-12-16-29(17-13-21)14-4-5-15-30-25(32)23(18-28-26(30)33)19-6-2-1-3-7-19;/h1-3,6-11,18,21H,4-5,12-17H2,(H,28,33);1H. The lowest BCUT2D eigenvalue weighted by molar-refractivity contribution is 0.0838. The second-order valence-corrected chi connectivity index (χ2v) is 8.52. The lowest BCUT2D eigenvalue weighted by atomic mass is 9.89. The monoisotopic (exact) mass is 485 g/mol. The first-order chi connectivity index (χ1) is 16.0. The Morgan fingerprint density at radius 3 is 2.26 bits per heavy atom. The molecule has 0 bridgehead atoms. The van der Waals surface area contributed by atoms with Gasteiger partial charge in [-0.1, -0.05) is 30.3 Å². The summed E-state index contributed by atoms with van der Waals surface area (Å²) >= 11 is 0. The zero-order chi connectivity index (χ0) is 23.2. The minimum atomic E-state index is -0.389. The topological polar surface area (TPSA) is 75.2 Å². The molecule has 1 aromatic heterocycles. The van der Waals surface area contributed by atoms with E-state index in [0.717, 1.165) is 50.9 Å². The number of aromatic amines is 1. The number of halogens is 2. The fourth-order valence-electron chi connectivity index (χ4n) is 4.41. The van der Waals surface area contributed by atoms with Gasteiger partial charge >= 0.3 is 5.69 Å². The highest BCUT2D eigenvalue weighted by Crippen LogP contribution is 2.22. The number of piperidine rings is 1. The van der Waals surface area contributed by atoms with Gasteiger partial charge in [0, 0.05) is 24.2 Å². The molecule has 1 fully saturated rings. The number of unbranched alkanes of at least 4 members (excludes halogenated alkanes) is 1. The summed E-state index contributed by atoms with van der Waals surface area (Å²) in [5.41, 5.74) is 1.18. The average molecular weight is 486 g/mol. The van der Waals surface area contributed by atoms with Gasteiger partial charge in [-0.25, -0.2) is 9.18 Å². The van der Waals surface area contributed by atoms with Gasteiger partial charge in [-0.15, -0.1) is 12.4 Å². The molecule has 0 radical (unpaired) electrons. The van der Waals surface area contributed by atoms with Gasteiger partial charge in [-0.05, 0) is 75.1 Å². The van der Waals surface area contributed by atoms with Crippen LogP contribution in [0.25, 0.3) is 11.1 Å². The average Bonchev–Trinajstić information content (AvgIpc) is 2.84. The molecule has 0 spiro atoms. The molecular formula is C26H29ClFN3O3. The molecule has 0 unspecified atom stereocenters. The van der Waals surface area contributed by atoms with Crippen LogP contribution < -0.4 is 11.2 Å². The summed E-state index contributed by atoms with van der Waals surface area (Å²) in [6, 6.07) is 15.1. The number of nitrogens with zero attached hydrogens (tertiary/aromatic N) is 2.